The summed E-state index contributed by atoms with van der Waals surface area (Å²) in [7, 11) is 0. The lowest BCUT2D eigenvalue weighted by atomic mass is 10.0. The predicted octanol–water partition coefficient (Wildman–Crippen LogP) is 5.29. The highest BCUT2D eigenvalue weighted by atomic mass is 16.4. The van der Waals surface area contributed by atoms with E-state index in [2.05, 4.69) is 12.2 Å². The fourth-order valence-electron chi connectivity index (χ4n) is 3.07. The molecule has 0 saturated carbocycles. The molecule has 2 aromatic rings. The maximum Gasteiger partial charge on any atom is 0.326 e. The van der Waals surface area contributed by atoms with Crippen LogP contribution < -0.4 is 5.32 Å². The Balaban J connectivity index is 1.88. The maximum atomic E-state index is 12.4. The minimum absolute atomic E-state index is 0.340. The van der Waals surface area contributed by atoms with E-state index < -0.39 is 12.0 Å². The van der Waals surface area contributed by atoms with Gasteiger partial charge in [0.25, 0.3) is 5.91 Å². The summed E-state index contributed by atoms with van der Waals surface area (Å²) in [6.07, 6.45) is 7.01. The molecule has 144 valence electrons. The van der Waals surface area contributed by atoms with Gasteiger partial charge in [-0.2, -0.15) is 0 Å². The molecule has 4 heteroatoms. The molecule has 2 rings (SSSR count). The van der Waals surface area contributed by atoms with Crippen molar-refractivity contribution < 1.29 is 14.7 Å². The zero-order valence-corrected chi connectivity index (χ0v) is 16.0. The molecule has 27 heavy (non-hydrogen) atoms. The molecule has 2 N–H and O–H groups in total. The summed E-state index contributed by atoms with van der Waals surface area (Å²) in [5.41, 5.74) is 2.58. The molecule has 0 fully saturated rings. The third kappa shape index (κ3) is 6.89. The number of aliphatic carboxylic acids is 1. The topological polar surface area (TPSA) is 66.4 Å². The van der Waals surface area contributed by atoms with Gasteiger partial charge >= 0.3 is 5.97 Å². The van der Waals surface area contributed by atoms with Crippen LogP contribution in [0.5, 0.6) is 0 Å². The van der Waals surface area contributed by atoms with Gasteiger partial charge in [0.15, 0.2) is 0 Å². The zero-order chi connectivity index (χ0) is 19.5. The summed E-state index contributed by atoms with van der Waals surface area (Å²) in [4.78, 5) is 23.9. The van der Waals surface area contributed by atoms with E-state index >= 15 is 0 Å². The molecular weight excluding hydrogens is 338 g/mol. The summed E-state index contributed by atoms with van der Waals surface area (Å²) in [6, 6.07) is 16.3. The van der Waals surface area contributed by atoms with Crippen LogP contribution in [0.15, 0.2) is 54.6 Å². The van der Waals surface area contributed by atoms with Crippen LogP contribution in [0, 0.1) is 0 Å². The van der Waals surface area contributed by atoms with Gasteiger partial charge in [0.05, 0.1) is 0 Å². The van der Waals surface area contributed by atoms with Crippen LogP contribution in [0.1, 0.15) is 62.2 Å². The van der Waals surface area contributed by atoms with Gasteiger partial charge in [0.1, 0.15) is 6.04 Å². The summed E-state index contributed by atoms with van der Waals surface area (Å²) in [5, 5.41) is 12.0. The summed E-state index contributed by atoms with van der Waals surface area (Å²) >= 11 is 0. The Bertz CT molecular complexity index is 710. The van der Waals surface area contributed by atoms with E-state index in [0.29, 0.717) is 12.0 Å². The second-order valence-corrected chi connectivity index (χ2v) is 6.86. The van der Waals surface area contributed by atoms with Gasteiger partial charge in [-0.3, -0.25) is 4.79 Å². The van der Waals surface area contributed by atoms with Crippen molar-refractivity contribution >= 4 is 11.9 Å². The molecule has 0 aliphatic heterocycles. The van der Waals surface area contributed by atoms with Crippen LogP contribution in [-0.4, -0.2) is 23.0 Å². The van der Waals surface area contributed by atoms with Crippen molar-refractivity contribution in [3.63, 3.8) is 0 Å². The number of amides is 1. The second kappa shape index (κ2) is 11.2. The molecule has 0 spiro atoms. The first-order valence-corrected chi connectivity index (χ1v) is 9.81. The highest BCUT2D eigenvalue weighted by molar-refractivity contribution is 5.97. The van der Waals surface area contributed by atoms with Crippen LogP contribution >= 0.6 is 0 Å². The van der Waals surface area contributed by atoms with Gasteiger partial charge in [0, 0.05) is 5.56 Å². The Morgan fingerprint density at radius 1 is 0.852 bits per heavy atom. The average molecular weight is 367 g/mol. The van der Waals surface area contributed by atoms with Gasteiger partial charge in [0.2, 0.25) is 0 Å². The standard InChI is InChI=1S/C23H29NO3/c1-2-3-4-5-6-10-13-21(23(26)27)24-22(25)20-16-14-19(15-17-20)18-11-8-7-9-12-18/h7-9,11-12,14-17,21H,2-6,10,13H2,1H3,(H,24,25)(H,26,27)/t21-/m1/s1. The molecular formula is C23H29NO3. The predicted molar refractivity (Wildman–Crippen MR) is 109 cm³/mol. The fourth-order valence-corrected chi connectivity index (χ4v) is 3.07. The van der Waals surface area contributed by atoms with Crippen molar-refractivity contribution in [3.05, 3.63) is 60.2 Å². The molecule has 0 aliphatic rings. The molecule has 0 saturated heterocycles. The van der Waals surface area contributed by atoms with Crippen LogP contribution in [0.2, 0.25) is 0 Å². The third-order valence-corrected chi connectivity index (χ3v) is 4.70. The van der Waals surface area contributed by atoms with E-state index in [4.69, 9.17) is 0 Å². The van der Waals surface area contributed by atoms with Crippen LogP contribution in [0.3, 0.4) is 0 Å². The van der Waals surface area contributed by atoms with Crippen molar-refractivity contribution in [2.24, 2.45) is 0 Å². The first kappa shape index (κ1) is 20.7. The number of carbonyl (C=O) groups excluding carboxylic acids is 1. The highest BCUT2D eigenvalue weighted by Crippen LogP contribution is 2.19. The van der Waals surface area contributed by atoms with Crippen molar-refractivity contribution in [2.75, 3.05) is 0 Å². The molecule has 0 aliphatic carbocycles. The molecule has 1 atom stereocenters. The smallest absolute Gasteiger partial charge is 0.326 e. The summed E-state index contributed by atoms with van der Waals surface area (Å²) in [5.74, 6) is -1.31. The lowest BCUT2D eigenvalue weighted by molar-refractivity contribution is -0.139. The van der Waals surface area contributed by atoms with Gasteiger partial charge in [-0.05, 0) is 29.7 Å². The van der Waals surface area contributed by atoms with E-state index in [1.54, 1.807) is 12.1 Å². The van der Waals surface area contributed by atoms with Crippen LogP contribution in [0.4, 0.5) is 0 Å². The SMILES string of the molecule is CCCCCCCC[C@@H](NC(=O)c1ccc(-c2ccccc2)cc1)C(=O)O. The van der Waals surface area contributed by atoms with Crippen molar-refractivity contribution in [1.82, 2.24) is 5.32 Å². The number of nitrogens with one attached hydrogen (secondary N) is 1. The Morgan fingerprint density at radius 2 is 1.44 bits per heavy atom. The normalized spacial score (nSPS) is 11.7. The maximum absolute atomic E-state index is 12.4. The molecule has 2 aromatic carbocycles. The third-order valence-electron chi connectivity index (χ3n) is 4.70. The van der Waals surface area contributed by atoms with Crippen molar-refractivity contribution in [1.29, 1.82) is 0 Å². The lowest BCUT2D eigenvalue weighted by Crippen LogP contribution is -2.40. The number of rotatable bonds is 11. The first-order chi connectivity index (χ1) is 13.1. The minimum atomic E-state index is -0.974. The molecule has 1 amide bonds. The number of hydrogen-bond donors (Lipinski definition) is 2. The fraction of sp³-hybridized carbons (Fsp3) is 0.391. The molecule has 0 bridgehead atoms. The molecule has 0 radical (unpaired) electrons. The summed E-state index contributed by atoms with van der Waals surface area (Å²) in [6.45, 7) is 2.17. The monoisotopic (exact) mass is 367 g/mol. The molecule has 0 aromatic heterocycles. The van der Waals surface area contributed by atoms with E-state index in [-0.39, 0.29) is 5.91 Å². The van der Waals surface area contributed by atoms with Gasteiger partial charge < -0.3 is 10.4 Å². The lowest BCUT2D eigenvalue weighted by Gasteiger charge is -2.14. The largest absolute Gasteiger partial charge is 0.480 e. The van der Waals surface area contributed by atoms with E-state index in [1.165, 1.54) is 19.3 Å². The number of unbranched alkanes of at least 4 members (excludes halogenated alkanes) is 5. The number of hydrogen-bond acceptors (Lipinski definition) is 2. The van der Waals surface area contributed by atoms with Crippen LogP contribution in [0.25, 0.3) is 11.1 Å². The van der Waals surface area contributed by atoms with Gasteiger partial charge in [-0.25, -0.2) is 4.79 Å². The average Bonchev–Trinajstić information content (AvgIpc) is 2.70. The number of carboxylic acids is 1. The molecule has 4 nitrogen and oxygen atoms in total. The second-order valence-electron chi connectivity index (χ2n) is 6.86. The zero-order valence-electron chi connectivity index (χ0n) is 16.0. The highest BCUT2D eigenvalue weighted by Gasteiger charge is 2.20. The van der Waals surface area contributed by atoms with Gasteiger partial charge in [-0.1, -0.05) is 87.9 Å². The van der Waals surface area contributed by atoms with E-state index in [9.17, 15) is 14.7 Å². The number of carboxylic acid groups (broad SMARTS) is 1. The molecule has 0 heterocycles. The van der Waals surface area contributed by atoms with Gasteiger partial charge in [-0.15, -0.1) is 0 Å². The van der Waals surface area contributed by atoms with E-state index in [1.807, 2.05) is 42.5 Å². The minimum Gasteiger partial charge on any atom is -0.480 e. The Hall–Kier alpha value is -2.62. The number of benzene rings is 2. The Labute approximate surface area is 161 Å². The number of carbonyl (C=O) groups is 2. The van der Waals surface area contributed by atoms with E-state index in [0.717, 1.165) is 30.4 Å². The Morgan fingerprint density at radius 3 is 2.07 bits per heavy atom. The van der Waals surface area contributed by atoms with Crippen molar-refractivity contribution in [3.8, 4) is 11.1 Å². The molecule has 0 unspecified atom stereocenters. The summed E-state index contributed by atoms with van der Waals surface area (Å²) < 4.78 is 0. The quantitative estimate of drug-likeness (QED) is 0.531. The Kier molecular flexibility index (Phi) is 8.56. The van der Waals surface area contributed by atoms with Crippen LogP contribution in [-0.2, 0) is 4.79 Å². The first-order valence-electron chi connectivity index (χ1n) is 9.81. The van der Waals surface area contributed by atoms with Crippen molar-refractivity contribution in [2.45, 2.75) is 57.9 Å².